The maximum Gasteiger partial charge on any atom is 0.531 e. The summed E-state index contributed by atoms with van der Waals surface area (Å²) in [4.78, 5) is 2.08. The van der Waals surface area contributed by atoms with Crippen molar-refractivity contribution in [2.45, 2.75) is 73.6 Å². The summed E-state index contributed by atoms with van der Waals surface area (Å²) < 4.78 is 28.7. The minimum absolute atomic E-state index is 0.283. The van der Waals surface area contributed by atoms with Gasteiger partial charge < -0.3 is 9.42 Å². The molecule has 0 aromatic carbocycles. The van der Waals surface area contributed by atoms with Gasteiger partial charge >= 0.3 is 7.82 Å². The second-order valence-electron chi connectivity index (χ2n) is 7.61. The van der Waals surface area contributed by atoms with E-state index >= 15 is 0 Å². The first-order valence-electron chi connectivity index (χ1n) is 10.8. The van der Waals surface area contributed by atoms with Gasteiger partial charge in [0.25, 0.3) is 0 Å². The highest BCUT2D eigenvalue weighted by molar-refractivity contribution is 7.48. The van der Waals surface area contributed by atoms with Gasteiger partial charge in [-0.2, -0.15) is 0 Å². The fraction of sp³-hybridized carbons (Fsp3) is 0.652. The molecule has 29 heavy (non-hydrogen) atoms. The highest BCUT2D eigenvalue weighted by Gasteiger charge is 2.31. The van der Waals surface area contributed by atoms with Crippen molar-refractivity contribution in [3.8, 4) is 0 Å². The standard InChI is InChI=1S/C23H40NO4P/c1-7-26-29(25,27-8-2)28-23-16-11-18-24(23)19-17-22(6)15-10-14-21(5)13-9-12-20(3)4/h12,14,16-17H,7-11,13,15,18-19H2,1-6H3/b21-14+,22-17+. The van der Waals surface area contributed by atoms with E-state index in [1.54, 1.807) is 13.8 Å². The molecule has 0 spiro atoms. The molecule has 0 aromatic rings. The first-order valence-corrected chi connectivity index (χ1v) is 12.2. The van der Waals surface area contributed by atoms with Crippen LogP contribution in [-0.4, -0.2) is 31.2 Å². The summed E-state index contributed by atoms with van der Waals surface area (Å²) in [6, 6.07) is 0. The minimum Gasteiger partial charge on any atom is -0.388 e. The summed E-state index contributed by atoms with van der Waals surface area (Å²) >= 11 is 0. The zero-order valence-electron chi connectivity index (χ0n) is 19.2. The van der Waals surface area contributed by atoms with Crippen LogP contribution < -0.4 is 0 Å². The minimum atomic E-state index is -3.54. The molecule has 6 heteroatoms. The van der Waals surface area contributed by atoms with E-state index in [1.807, 2.05) is 6.08 Å². The molecule has 166 valence electrons. The van der Waals surface area contributed by atoms with Gasteiger partial charge in [-0.1, -0.05) is 34.9 Å². The lowest BCUT2D eigenvalue weighted by molar-refractivity contribution is 0.121. The van der Waals surface area contributed by atoms with Gasteiger partial charge in [0.2, 0.25) is 0 Å². The fourth-order valence-electron chi connectivity index (χ4n) is 2.99. The van der Waals surface area contributed by atoms with Crippen molar-refractivity contribution in [2.24, 2.45) is 0 Å². The van der Waals surface area contributed by atoms with Crippen molar-refractivity contribution in [1.29, 1.82) is 0 Å². The lowest BCUT2D eigenvalue weighted by Crippen LogP contribution is -2.21. The molecular weight excluding hydrogens is 385 g/mol. The number of rotatable bonds is 14. The van der Waals surface area contributed by atoms with Crippen LogP contribution in [0.3, 0.4) is 0 Å². The van der Waals surface area contributed by atoms with E-state index in [2.05, 4.69) is 50.8 Å². The Hall–Kier alpha value is -1.29. The predicted octanol–water partition coefficient (Wildman–Crippen LogP) is 7.15. The van der Waals surface area contributed by atoms with Crippen LogP contribution >= 0.6 is 7.82 Å². The topological polar surface area (TPSA) is 48.0 Å². The quantitative estimate of drug-likeness (QED) is 0.218. The maximum atomic E-state index is 12.6. The van der Waals surface area contributed by atoms with E-state index in [1.165, 1.54) is 16.7 Å². The van der Waals surface area contributed by atoms with Gasteiger partial charge in [-0.15, -0.1) is 0 Å². The Kier molecular flexibility index (Phi) is 12.3. The number of nitrogens with zero attached hydrogens (tertiary/aromatic N) is 1. The molecule has 0 amide bonds. The third kappa shape index (κ3) is 10.9. The van der Waals surface area contributed by atoms with Crippen LogP contribution in [0.1, 0.15) is 73.6 Å². The molecule has 1 aliphatic heterocycles. The molecule has 1 aliphatic rings. The summed E-state index contributed by atoms with van der Waals surface area (Å²) in [6.07, 6.45) is 14.0. The summed E-state index contributed by atoms with van der Waals surface area (Å²) in [7, 11) is -3.54. The molecule has 0 N–H and O–H groups in total. The summed E-state index contributed by atoms with van der Waals surface area (Å²) in [5, 5.41) is 0. The van der Waals surface area contributed by atoms with Gasteiger partial charge in [0.1, 0.15) is 0 Å². The van der Waals surface area contributed by atoms with Crippen LogP contribution in [0.25, 0.3) is 0 Å². The lowest BCUT2D eigenvalue weighted by Gasteiger charge is -2.24. The van der Waals surface area contributed by atoms with E-state index < -0.39 is 7.82 Å². The molecule has 0 bridgehead atoms. The largest absolute Gasteiger partial charge is 0.531 e. The first-order chi connectivity index (χ1) is 13.8. The Balaban J connectivity index is 2.49. The monoisotopic (exact) mass is 425 g/mol. The van der Waals surface area contributed by atoms with Crippen LogP contribution in [0, 0.1) is 0 Å². The van der Waals surface area contributed by atoms with Gasteiger partial charge in [-0.25, -0.2) is 4.57 Å². The molecule has 0 saturated heterocycles. The number of allylic oxidation sites excluding steroid dienone is 5. The van der Waals surface area contributed by atoms with Crippen LogP contribution in [-0.2, 0) is 18.1 Å². The van der Waals surface area contributed by atoms with Crippen molar-refractivity contribution < 1.29 is 18.1 Å². The van der Waals surface area contributed by atoms with Crippen LogP contribution in [0.5, 0.6) is 0 Å². The summed E-state index contributed by atoms with van der Waals surface area (Å²) in [5.74, 6) is 0.592. The second-order valence-corrected chi connectivity index (χ2v) is 9.20. The lowest BCUT2D eigenvalue weighted by atomic mass is 10.1. The zero-order valence-corrected chi connectivity index (χ0v) is 20.1. The van der Waals surface area contributed by atoms with E-state index in [4.69, 9.17) is 13.6 Å². The molecule has 5 nitrogen and oxygen atoms in total. The van der Waals surface area contributed by atoms with Crippen LogP contribution in [0.4, 0.5) is 0 Å². The van der Waals surface area contributed by atoms with E-state index in [0.29, 0.717) is 5.88 Å². The SMILES string of the molecule is CCOP(=O)(OCC)OC1=CCCN1C/C=C(\C)CC/C=C(\C)CCC=C(C)C. The van der Waals surface area contributed by atoms with Crippen molar-refractivity contribution >= 4 is 7.82 Å². The molecule has 0 radical (unpaired) electrons. The van der Waals surface area contributed by atoms with Gasteiger partial charge in [0.05, 0.1) is 13.2 Å². The van der Waals surface area contributed by atoms with E-state index in [0.717, 1.165) is 45.2 Å². The molecule has 1 rings (SSSR count). The number of hydrogen-bond acceptors (Lipinski definition) is 5. The molecule has 0 aliphatic carbocycles. The van der Waals surface area contributed by atoms with E-state index in [-0.39, 0.29) is 13.2 Å². The van der Waals surface area contributed by atoms with Gasteiger partial charge in [0, 0.05) is 13.1 Å². The molecule has 0 aromatic heterocycles. The average molecular weight is 426 g/mol. The van der Waals surface area contributed by atoms with Crippen molar-refractivity contribution in [3.63, 3.8) is 0 Å². The Morgan fingerprint density at radius 1 is 1.00 bits per heavy atom. The highest BCUT2D eigenvalue weighted by Crippen LogP contribution is 2.52. The Bertz CT molecular complexity index is 650. The Morgan fingerprint density at radius 2 is 1.59 bits per heavy atom. The Morgan fingerprint density at radius 3 is 2.17 bits per heavy atom. The number of hydrogen-bond donors (Lipinski definition) is 0. The Labute approximate surface area is 178 Å². The third-order valence-electron chi connectivity index (χ3n) is 4.59. The molecule has 1 heterocycles. The number of phosphoric acid groups is 1. The van der Waals surface area contributed by atoms with E-state index in [9.17, 15) is 4.57 Å². The first kappa shape index (κ1) is 25.7. The number of phosphoric ester groups is 1. The van der Waals surface area contributed by atoms with Crippen molar-refractivity contribution in [2.75, 3.05) is 26.3 Å². The molecule has 0 atom stereocenters. The van der Waals surface area contributed by atoms with Crippen molar-refractivity contribution in [3.05, 3.63) is 46.9 Å². The molecule has 0 fully saturated rings. The van der Waals surface area contributed by atoms with Gasteiger partial charge in [0.15, 0.2) is 5.88 Å². The summed E-state index contributed by atoms with van der Waals surface area (Å²) in [5.41, 5.74) is 4.19. The molecular formula is C23H40NO4P. The zero-order chi connectivity index (χ0) is 21.7. The molecule has 0 saturated carbocycles. The van der Waals surface area contributed by atoms with Gasteiger partial charge in [-0.05, 0) is 79.7 Å². The molecule has 0 unspecified atom stereocenters. The smallest absolute Gasteiger partial charge is 0.388 e. The van der Waals surface area contributed by atoms with Crippen LogP contribution in [0.2, 0.25) is 0 Å². The highest BCUT2D eigenvalue weighted by atomic mass is 31.2. The van der Waals surface area contributed by atoms with Crippen molar-refractivity contribution in [1.82, 2.24) is 4.90 Å². The summed E-state index contributed by atoms with van der Waals surface area (Å²) in [6.45, 7) is 14.4. The van der Waals surface area contributed by atoms with Crippen LogP contribution in [0.15, 0.2) is 46.9 Å². The average Bonchev–Trinajstić information content (AvgIpc) is 3.06. The maximum absolute atomic E-state index is 12.6. The second kappa shape index (κ2) is 13.8. The fourth-order valence-corrected chi connectivity index (χ4v) is 4.22. The third-order valence-corrected chi connectivity index (χ3v) is 6.15. The predicted molar refractivity (Wildman–Crippen MR) is 122 cm³/mol. The van der Waals surface area contributed by atoms with Gasteiger partial charge in [-0.3, -0.25) is 9.05 Å². The normalized spacial score (nSPS) is 15.5.